The first kappa shape index (κ1) is 21.2. The molecule has 2 amide bonds. The molecule has 150 valence electrons. The molecule has 0 heterocycles. The SMILES string of the molecule is COc1cc(C(=O)NNC(=O)COc2cc(C)ccc2Cl)cc(OC)c1OC. The van der Waals surface area contributed by atoms with Crippen LogP contribution >= 0.6 is 11.6 Å². The summed E-state index contributed by atoms with van der Waals surface area (Å²) in [6.07, 6.45) is 0. The standard InChI is InChI=1S/C19H21ClN2O6/c1-11-5-6-13(20)14(7-11)28-10-17(23)21-22-19(24)12-8-15(25-2)18(27-4)16(9-12)26-3/h5-9H,10H2,1-4H3,(H,21,23)(H,22,24). The van der Waals surface area contributed by atoms with E-state index in [1.54, 1.807) is 12.1 Å². The molecule has 0 aromatic heterocycles. The highest BCUT2D eigenvalue weighted by Gasteiger charge is 2.17. The van der Waals surface area contributed by atoms with Crippen molar-refractivity contribution < 1.29 is 28.5 Å². The van der Waals surface area contributed by atoms with Gasteiger partial charge in [-0.2, -0.15) is 0 Å². The van der Waals surface area contributed by atoms with Gasteiger partial charge < -0.3 is 18.9 Å². The molecule has 0 unspecified atom stereocenters. The van der Waals surface area contributed by atoms with E-state index in [-0.39, 0.29) is 12.2 Å². The van der Waals surface area contributed by atoms with Gasteiger partial charge in [-0.05, 0) is 36.8 Å². The van der Waals surface area contributed by atoms with Crippen molar-refractivity contribution in [3.8, 4) is 23.0 Å². The normalized spacial score (nSPS) is 10.0. The minimum absolute atomic E-state index is 0.206. The lowest BCUT2D eigenvalue weighted by Crippen LogP contribution is -2.43. The first-order valence-electron chi connectivity index (χ1n) is 8.17. The van der Waals surface area contributed by atoms with E-state index in [9.17, 15) is 9.59 Å². The van der Waals surface area contributed by atoms with Gasteiger partial charge in [0.15, 0.2) is 18.1 Å². The molecule has 0 bridgehead atoms. The second-order valence-corrected chi connectivity index (χ2v) is 6.05. The zero-order valence-corrected chi connectivity index (χ0v) is 16.7. The Morgan fingerprint density at radius 2 is 1.57 bits per heavy atom. The molecule has 0 aliphatic rings. The molecule has 9 heteroatoms. The van der Waals surface area contributed by atoms with E-state index >= 15 is 0 Å². The largest absolute Gasteiger partial charge is 0.493 e. The first-order chi connectivity index (χ1) is 13.4. The molecule has 2 N–H and O–H groups in total. The van der Waals surface area contributed by atoms with Crippen LogP contribution in [0.25, 0.3) is 0 Å². The molecular formula is C19H21ClN2O6. The van der Waals surface area contributed by atoms with E-state index in [2.05, 4.69) is 10.9 Å². The van der Waals surface area contributed by atoms with Crippen LogP contribution in [0.2, 0.25) is 5.02 Å². The molecule has 2 aromatic carbocycles. The molecule has 2 aromatic rings. The zero-order chi connectivity index (χ0) is 20.7. The van der Waals surface area contributed by atoms with Crippen molar-refractivity contribution in [2.75, 3.05) is 27.9 Å². The zero-order valence-electron chi connectivity index (χ0n) is 15.9. The number of ether oxygens (including phenoxy) is 4. The third-order valence-corrected chi connectivity index (χ3v) is 4.00. The van der Waals surface area contributed by atoms with Gasteiger partial charge in [-0.1, -0.05) is 17.7 Å². The van der Waals surface area contributed by atoms with Crippen LogP contribution in [0.4, 0.5) is 0 Å². The average molecular weight is 409 g/mol. The van der Waals surface area contributed by atoms with Gasteiger partial charge in [0, 0.05) is 5.56 Å². The van der Waals surface area contributed by atoms with Crippen LogP contribution in [-0.4, -0.2) is 39.8 Å². The van der Waals surface area contributed by atoms with Crippen LogP contribution < -0.4 is 29.8 Å². The van der Waals surface area contributed by atoms with Crippen LogP contribution in [0.3, 0.4) is 0 Å². The molecular weight excluding hydrogens is 388 g/mol. The molecule has 0 radical (unpaired) electrons. The summed E-state index contributed by atoms with van der Waals surface area (Å²) in [6.45, 7) is 1.56. The summed E-state index contributed by atoms with van der Waals surface area (Å²) in [5.74, 6) is 0.243. The lowest BCUT2D eigenvalue weighted by Gasteiger charge is -2.14. The van der Waals surface area contributed by atoms with Crippen molar-refractivity contribution >= 4 is 23.4 Å². The van der Waals surface area contributed by atoms with Crippen molar-refractivity contribution in [3.63, 3.8) is 0 Å². The topological polar surface area (TPSA) is 95.1 Å². The Bertz CT molecular complexity index is 846. The van der Waals surface area contributed by atoms with Crippen molar-refractivity contribution in [1.29, 1.82) is 0 Å². The van der Waals surface area contributed by atoms with E-state index in [0.29, 0.717) is 28.0 Å². The summed E-state index contributed by atoms with van der Waals surface area (Å²) < 4.78 is 21.0. The Hall–Kier alpha value is -3.13. The van der Waals surface area contributed by atoms with Gasteiger partial charge in [-0.15, -0.1) is 0 Å². The van der Waals surface area contributed by atoms with Crippen LogP contribution in [0.1, 0.15) is 15.9 Å². The number of aryl methyl sites for hydroxylation is 1. The van der Waals surface area contributed by atoms with Crippen molar-refractivity contribution in [2.24, 2.45) is 0 Å². The number of carbonyl (C=O) groups excluding carboxylic acids is 2. The predicted molar refractivity (Wildman–Crippen MR) is 103 cm³/mol. The van der Waals surface area contributed by atoms with Gasteiger partial charge in [0.1, 0.15) is 5.75 Å². The fraction of sp³-hybridized carbons (Fsp3) is 0.263. The number of hydrogen-bond acceptors (Lipinski definition) is 6. The highest BCUT2D eigenvalue weighted by molar-refractivity contribution is 6.32. The predicted octanol–water partition coefficient (Wildman–Crippen LogP) is 2.51. The molecule has 0 fully saturated rings. The molecule has 8 nitrogen and oxygen atoms in total. The van der Waals surface area contributed by atoms with Gasteiger partial charge >= 0.3 is 0 Å². The number of rotatable bonds is 7. The van der Waals surface area contributed by atoms with Gasteiger partial charge in [-0.3, -0.25) is 20.4 Å². The number of hydrazine groups is 1. The lowest BCUT2D eigenvalue weighted by molar-refractivity contribution is -0.123. The molecule has 0 atom stereocenters. The summed E-state index contributed by atoms with van der Waals surface area (Å²) >= 11 is 6.01. The Morgan fingerprint density at radius 3 is 2.14 bits per heavy atom. The number of halogens is 1. The summed E-state index contributed by atoms with van der Waals surface area (Å²) in [4.78, 5) is 24.3. The summed E-state index contributed by atoms with van der Waals surface area (Å²) in [6, 6.07) is 8.14. The smallest absolute Gasteiger partial charge is 0.276 e. The van der Waals surface area contributed by atoms with Gasteiger partial charge in [0.05, 0.1) is 26.4 Å². The maximum Gasteiger partial charge on any atom is 0.276 e. The third kappa shape index (κ3) is 5.20. The van der Waals surface area contributed by atoms with Gasteiger partial charge in [0.2, 0.25) is 5.75 Å². The Morgan fingerprint density at radius 1 is 0.929 bits per heavy atom. The molecule has 28 heavy (non-hydrogen) atoms. The van der Waals surface area contributed by atoms with Crippen LogP contribution in [0.15, 0.2) is 30.3 Å². The van der Waals surface area contributed by atoms with Gasteiger partial charge in [0.25, 0.3) is 11.8 Å². The van der Waals surface area contributed by atoms with Crippen molar-refractivity contribution in [2.45, 2.75) is 6.92 Å². The average Bonchev–Trinajstić information content (AvgIpc) is 2.71. The lowest BCUT2D eigenvalue weighted by atomic mass is 10.1. The molecule has 0 aliphatic carbocycles. The molecule has 0 saturated heterocycles. The highest BCUT2D eigenvalue weighted by Crippen LogP contribution is 2.38. The van der Waals surface area contributed by atoms with E-state index in [1.807, 2.05) is 13.0 Å². The molecule has 0 aliphatic heterocycles. The van der Waals surface area contributed by atoms with Crippen LogP contribution in [-0.2, 0) is 4.79 Å². The van der Waals surface area contributed by atoms with E-state index in [0.717, 1.165) is 5.56 Å². The minimum Gasteiger partial charge on any atom is -0.493 e. The minimum atomic E-state index is -0.568. The third-order valence-electron chi connectivity index (χ3n) is 3.69. The maximum atomic E-state index is 12.3. The van der Waals surface area contributed by atoms with Crippen LogP contribution in [0, 0.1) is 6.92 Å². The van der Waals surface area contributed by atoms with E-state index < -0.39 is 11.8 Å². The number of nitrogens with one attached hydrogen (secondary N) is 2. The second kappa shape index (κ2) is 9.70. The summed E-state index contributed by atoms with van der Waals surface area (Å²) in [5, 5.41) is 0.389. The Labute approximate surface area is 167 Å². The number of amides is 2. The Kier molecular flexibility index (Phi) is 7.34. The fourth-order valence-electron chi connectivity index (χ4n) is 2.31. The monoisotopic (exact) mass is 408 g/mol. The molecule has 0 saturated carbocycles. The number of methoxy groups -OCH3 is 3. The maximum absolute atomic E-state index is 12.3. The first-order valence-corrected chi connectivity index (χ1v) is 8.55. The summed E-state index contributed by atoms with van der Waals surface area (Å²) in [7, 11) is 4.34. The van der Waals surface area contributed by atoms with Gasteiger partial charge in [-0.25, -0.2) is 0 Å². The quantitative estimate of drug-likeness (QED) is 0.683. The second-order valence-electron chi connectivity index (χ2n) is 5.64. The number of carbonyl (C=O) groups is 2. The highest BCUT2D eigenvalue weighted by atomic mass is 35.5. The van der Waals surface area contributed by atoms with E-state index in [1.165, 1.54) is 33.5 Å². The molecule has 2 rings (SSSR count). The van der Waals surface area contributed by atoms with Crippen LogP contribution in [0.5, 0.6) is 23.0 Å². The fourth-order valence-corrected chi connectivity index (χ4v) is 2.48. The van der Waals surface area contributed by atoms with E-state index in [4.69, 9.17) is 30.5 Å². The number of hydrogen-bond donors (Lipinski definition) is 2. The number of benzene rings is 2. The van der Waals surface area contributed by atoms with Crippen molar-refractivity contribution in [1.82, 2.24) is 10.9 Å². The Balaban J connectivity index is 1.97. The summed E-state index contributed by atoms with van der Waals surface area (Å²) in [5.41, 5.74) is 5.71. The molecule has 0 spiro atoms. The van der Waals surface area contributed by atoms with Crippen molar-refractivity contribution in [3.05, 3.63) is 46.5 Å².